The second-order valence-electron chi connectivity index (χ2n) is 5.14. The number of hydrogen-bond acceptors (Lipinski definition) is 7. The number of allylic oxidation sites excluding steroid dienone is 2. The zero-order chi connectivity index (χ0) is 19.5. The van der Waals surface area contributed by atoms with Gasteiger partial charge in [-0.3, -0.25) is 31.9 Å². The average Bonchev–Trinajstić information content (AvgIpc) is 2.64. The van der Waals surface area contributed by atoms with Crippen LogP contribution in [0, 0.1) is 31.6 Å². The third kappa shape index (κ3) is 6.12. The third-order valence-electron chi connectivity index (χ3n) is 3.37. The zero-order valence-electron chi connectivity index (χ0n) is 13.7. The van der Waals surface area contributed by atoms with Gasteiger partial charge in [0.1, 0.15) is 0 Å². The number of non-ortho nitro benzene ring substituents is 2. The van der Waals surface area contributed by atoms with Crippen LogP contribution in [0.15, 0.2) is 60.2 Å². The van der Waals surface area contributed by atoms with Crippen LogP contribution in [0.4, 0.5) is 11.4 Å². The average molecular weight is 355 g/mol. The molecule has 0 amide bonds. The predicted octanol–water partition coefficient (Wildman–Crippen LogP) is 2.56. The van der Waals surface area contributed by atoms with Crippen LogP contribution in [0.2, 0.25) is 0 Å². The first-order valence-electron chi connectivity index (χ1n) is 7.37. The van der Waals surface area contributed by atoms with E-state index in [0.717, 1.165) is 5.57 Å². The number of rotatable bonds is 6. The molecule has 9 heteroatoms. The normalized spacial score (nSPS) is 9.27. The van der Waals surface area contributed by atoms with Crippen LogP contribution in [0.25, 0.3) is 0 Å². The smallest absolute Gasteiger partial charge is 0.269 e. The summed E-state index contributed by atoms with van der Waals surface area (Å²) >= 11 is 0. The number of nitro groups is 2. The fourth-order valence-electron chi connectivity index (χ4n) is 2.34. The van der Waals surface area contributed by atoms with Crippen LogP contribution in [0.1, 0.15) is 11.1 Å². The summed E-state index contributed by atoms with van der Waals surface area (Å²) in [5.41, 5.74) is 2.10. The molecular formula is C17H17N5O4. The Bertz CT molecular complexity index is 797. The van der Waals surface area contributed by atoms with Crippen molar-refractivity contribution < 1.29 is 9.85 Å². The molecule has 2 aromatic carbocycles. The van der Waals surface area contributed by atoms with Gasteiger partial charge < -0.3 is 0 Å². The summed E-state index contributed by atoms with van der Waals surface area (Å²) in [4.78, 5) is 20.7. The molecule has 0 fully saturated rings. The fraction of sp³-hybridized carbons (Fsp3) is 0.118. The van der Waals surface area contributed by atoms with Crippen LogP contribution >= 0.6 is 0 Å². The minimum atomic E-state index is -0.474. The SMILES string of the molecule is N#CC=C(Cc1cccc([N+](=O)[O-])c1)Cc1cccc([N+](=O)[O-])c1.NN. The summed E-state index contributed by atoms with van der Waals surface area (Å²) in [5, 5.41) is 30.6. The molecule has 0 radical (unpaired) electrons. The summed E-state index contributed by atoms with van der Waals surface area (Å²) in [5.74, 6) is 8.00. The van der Waals surface area contributed by atoms with Crippen molar-refractivity contribution in [1.82, 2.24) is 0 Å². The van der Waals surface area contributed by atoms with E-state index in [4.69, 9.17) is 5.26 Å². The maximum absolute atomic E-state index is 10.8. The molecule has 0 spiro atoms. The van der Waals surface area contributed by atoms with Gasteiger partial charge in [0.05, 0.1) is 15.9 Å². The van der Waals surface area contributed by atoms with Gasteiger partial charge in [0.25, 0.3) is 11.4 Å². The molecule has 9 nitrogen and oxygen atoms in total. The first-order valence-corrected chi connectivity index (χ1v) is 7.37. The van der Waals surface area contributed by atoms with Gasteiger partial charge >= 0.3 is 0 Å². The predicted molar refractivity (Wildman–Crippen MR) is 95.7 cm³/mol. The number of hydrogen-bond donors (Lipinski definition) is 2. The largest absolute Gasteiger partial charge is 0.274 e. The quantitative estimate of drug-likeness (QED) is 0.348. The lowest BCUT2D eigenvalue weighted by Crippen LogP contribution is -2.02. The van der Waals surface area contributed by atoms with Gasteiger partial charge in [0.2, 0.25) is 0 Å². The van der Waals surface area contributed by atoms with E-state index in [0.29, 0.717) is 24.0 Å². The molecule has 0 aliphatic heterocycles. The summed E-state index contributed by atoms with van der Waals surface area (Å²) < 4.78 is 0. The molecule has 2 rings (SSSR count). The molecule has 0 unspecified atom stereocenters. The van der Waals surface area contributed by atoms with Crippen molar-refractivity contribution in [2.75, 3.05) is 0 Å². The van der Waals surface area contributed by atoms with Gasteiger partial charge in [-0.2, -0.15) is 5.26 Å². The third-order valence-corrected chi connectivity index (χ3v) is 3.37. The number of nitrogens with zero attached hydrogens (tertiary/aromatic N) is 3. The van der Waals surface area contributed by atoms with Crippen molar-refractivity contribution in [2.45, 2.75) is 12.8 Å². The van der Waals surface area contributed by atoms with Crippen LogP contribution in [0.3, 0.4) is 0 Å². The van der Waals surface area contributed by atoms with Crippen molar-refractivity contribution in [3.8, 4) is 6.07 Å². The van der Waals surface area contributed by atoms with E-state index >= 15 is 0 Å². The second-order valence-corrected chi connectivity index (χ2v) is 5.14. The molecule has 0 aromatic heterocycles. The number of nitriles is 1. The number of hydrazine groups is 1. The fourth-order valence-corrected chi connectivity index (χ4v) is 2.34. The van der Waals surface area contributed by atoms with Gasteiger partial charge in [-0.05, 0) is 24.0 Å². The molecule has 0 saturated carbocycles. The van der Waals surface area contributed by atoms with Gasteiger partial charge in [0.15, 0.2) is 0 Å². The molecule has 0 heterocycles. The van der Waals surface area contributed by atoms with Gasteiger partial charge in [-0.15, -0.1) is 0 Å². The molecule has 0 saturated heterocycles. The Kier molecular flexibility index (Phi) is 8.09. The molecule has 0 atom stereocenters. The van der Waals surface area contributed by atoms with E-state index in [1.165, 1.54) is 30.3 Å². The molecular weight excluding hydrogens is 338 g/mol. The van der Waals surface area contributed by atoms with Crippen LogP contribution in [-0.2, 0) is 12.8 Å². The topological polar surface area (TPSA) is 162 Å². The molecule has 0 bridgehead atoms. The van der Waals surface area contributed by atoms with Crippen molar-refractivity contribution in [2.24, 2.45) is 11.7 Å². The highest BCUT2D eigenvalue weighted by Crippen LogP contribution is 2.20. The highest BCUT2D eigenvalue weighted by molar-refractivity contribution is 5.40. The number of nitrogens with two attached hydrogens (primary N) is 2. The number of nitro benzene ring substituents is 2. The van der Waals surface area contributed by atoms with Crippen LogP contribution in [-0.4, -0.2) is 9.85 Å². The minimum absolute atomic E-state index is 0.0147. The second kappa shape index (κ2) is 10.3. The van der Waals surface area contributed by atoms with Crippen LogP contribution in [0.5, 0.6) is 0 Å². The Balaban J connectivity index is 0.00000163. The lowest BCUT2D eigenvalue weighted by atomic mass is 9.97. The monoisotopic (exact) mass is 355 g/mol. The lowest BCUT2D eigenvalue weighted by Gasteiger charge is -2.07. The molecule has 4 N–H and O–H groups in total. The number of benzene rings is 2. The van der Waals surface area contributed by atoms with Crippen molar-refractivity contribution >= 4 is 11.4 Å². The van der Waals surface area contributed by atoms with E-state index < -0.39 is 9.85 Å². The minimum Gasteiger partial charge on any atom is -0.274 e. The van der Waals surface area contributed by atoms with Crippen molar-refractivity contribution in [1.29, 1.82) is 5.26 Å². The highest BCUT2D eigenvalue weighted by Gasteiger charge is 2.10. The van der Waals surface area contributed by atoms with Gasteiger partial charge in [-0.25, -0.2) is 0 Å². The zero-order valence-corrected chi connectivity index (χ0v) is 13.7. The van der Waals surface area contributed by atoms with Gasteiger partial charge in [-0.1, -0.05) is 29.8 Å². The van der Waals surface area contributed by atoms with Crippen molar-refractivity contribution in [3.05, 3.63) is 91.5 Å². The van der Waals surface area contributed by atoms with Crippen molar-refractivity contribution in [3.63, 3.8) is 0 Å². The van der Waals surface area contributed by atoms with Crippen LogP contribution < -0.4 is 11.7 Å². The summed E-state index contributed by atoms with van der Waals surface area (Å²) in [6.45, 7) is 0. The Morgan fingerprint density at radius 1 is 0.962 bits per heavy atom. The Morgan fingerprint density at radius 3 is 1.73 bits per heavy atom. The molecule has 2 aromatic rings. The summed E-state index contributed by atoms with van der Waals surface area (Å²) in [6.07, 6.45) is 2.09. The summed E-state index contributed by atoms with van der Waals surface area (Å²) in [6, 6.07) is 14.3. The van der Waals surface area contributed by atoms with E-state index in [-0.39, 0.29) is 11.4 Å². The Labute approximate surface area is 149 Å². The maximum Gasteiger partial charge on any atom is 0.269 e. The van der Waals surface area contributed by atoms with E-state index in [1.807, 2.05) is 6.07 Å². The summed E-state index contributed by atoms with van der Waals surface area (Å²) in [7, 11) is 0. The first-order chi connectivity index (χ1) is 12.5. The molecule has 26 heavy (non-hydrogen) atoms. The first kappa shape index (κ1) is 20.4. The standard InChI is InChI=1S/C17H13N3O4.H4N2/c18-8-7-15(9-13-3-1-5-16(11-13)19(21)22)10-14-4-2-6-17(12-14)20(23)24;1-2/h1-7,11-12H,9-10H2;1-2H2. The maximum atomic E-state index is 10.8. The molecule has 0 aliphatic rings. The Hall–Kier alpha value is -3.61. The Morgan fingerprint density at radius 2 is 1.38 bits per heavy atom. The van der Waals surface area contributed by atoms with E-state index in [1.54, 1.807) is 24.3 Å². The highest BCUT2D eigenvalue weighted by atomic mass is 16.6. The van der Waals surface area contributed by atoms with E-state index in [9.17, 15) is 20.2 Å². The van der Waals surface area contributed by atoms with E-state index in [2.05, 4.69) is 11.7 Å². The lowest BCUT2D eigenvalue weighted by molar-refractivity contribution is -0.385. The molecule has 0 aliphatic carbocycles. The van der Waals surface area contributed by atoms with Gasteiger partial charge in [0, 0.05) is 30.3 Å². The molecule has 134 valence electrons.